The molecule has 0 unspecified atom stereocenters. The second-order valence-corrected chi connectivity index (χ2v) is 4.74. The van der Waals surface area contributed by atoms with E-state index >= 15 is 0 Å². The number of ether oxygens (including phenoxy) is 1. The number of aryl methyl sites for hydroxylation is 1. The standard InChI is InChI=1S/C17H22N2O/c1-3-12-18-13-15-6-5-7-17(19-15)20-16-10-8-14(4-2)9-11-16/h5-11,18H,3-4,12-13H2,1-2H3. The summed E-state index contributed by atoms with van der Waals surface area (Å²) in [7, 11) is 0. The van der Waals surface area contributed by atoms with Gasteiger partial charge in [0.25, 0.3) is 0 Å². The highest BCUT2D eigenvalue weighted by atomic mass is 16.5. The van der Waals surface area contributed by atoms with Crippen molar-refractivity contribution < 1.29 is 4.74 Å². The quantitative estimate of drug-likeness (QED) is 0.774. The lowest BCUT2D eigenvalue weighted by Gasteiger charge is -2.08. The molecule has 1 N–H and O–H groups in total. The van der Waals surface area contributed by atoms with Gasteiger partial charge in [0, 0.05) is 12.6 Å². The number of nitrogens with one attached hydrogen (secondary N) is 1. The van der Waals surface area contributed by atoms with Crippen LogP contribution in [0.2, 0.25) is 0 Å². The van der Waals surface area contributed by atoms with Gasteiger partial charge in [-0.05, 0) is 43.1 Å². The van der Waals surface area contributed by atoms with Crippen molar-refractivity contribution in [3.05, 3.63) is 53.7 Å². The highest BCUT2D eigenvalue weighted by Gasteiger charge is 2.01. The number of hydrogen-bond donors (Lipinski definition) is 1. The Morgan fingerprint density at radius 1 is 1.05 bits per heavy atom. The lowest BCUT2D eigenvalue weighted by molar-refractivity contribution is 0.459. The molecule has 20 heavy (non-hydrogen) atoms. The average molecular weight is 270 g/mol. The second kappa shape index (κ2) is 7.65. The van der Waals surface area contributed by atoms with Gasteiger partial charge in [0.05, 0.1) is 5.69 Å². The van der Waals surface area contributed by atoms with Gasteiger partial charge in [0.15, 0.2) is 0 Å². The Labute approximate surface area is 121 Å². The molecule has 2 aromatic rings. The zero-order valence-electron chi connectivity index (χ0n) is 12.2. The first kappa shape index (κ1) is 14.5. The maximum Gasteiger partial charge on any atom is 0.219 e. The molecule has 3 nitrogen and oxygen atoms in total. The average Bonchev–Trinajstić information content (AvgIpc) is 2.49. The van der Waals surface area contributed by atoms with Crippen LogP contribution in [0.15, 0.2) is 42.5 Å². The summed E-state index contributed by atoms with van der Waals surface area (Å²) in [4.78, 5) is 4.50. The molecule has 1 heterocycles. The van der Waals surface area contributed by atoms with E-state index in [0.29, 0.717) is 5.88 Å². The second-order valence-electron chi connectivity index (χ2n) is 4.74. The molecule has 106 valence electrons. The molecular weight excluding hydrogens is 248 g/mol. The first-order chi connectivity index (χ1) is 9.81. The van der Waals surface area contributed by atoms with Crippen molar-refractivity contribution in [3.63, 3.8) is 0 Å². The molecule has 0 bridgehead atoms. The first-order valence-corrected chi connectivity index (χ1v) is 7.25. The topological polar surface area (TPSA) is 34.1 Å². The van der Waals surface area contributed by atoms with Gasteiger partial charge in [-0.15, -0.1) is 0 Å². The Balaban J connectivity index is 1.99. The van der Waals surface area contributed by atoms with E-state index in [1.165, 1.54) is 5.56 Å². The fraction of sp³-hybridized carbons (Fsp3) is 0.353. The summed E-state index contributed by atoms with van der Waals surface area (Å²) in [6.45, 7) is 6.08. The van der Waals surface area contributed by atoms with E-state index < -0.39 is 0 Å². The SMILES string of the molecule is CCCNCc1cccc(Oc2ccc(CC)cc2)n1. The smallest absolute Gasteiger partial charge is 0.219 e. The summed E-state index contributed by atoms with van der Waals surface area (Å²) in [6.07, 6.45) is 2.16. The normalized spacial score (nSPS) is 10.5. The summed E-state index contributed by atoms with van der Waals surface area (Å²) in [6, 6.07) is 14.0. The number of aromatic nitrogens is 1. The van der Waals surface area contributed by atoms with Crippen LogP contribution >= 0.6 is 0 Å². The van der Waals surface area contributed by atoms with Crippen LogP contribution in [0.4, 0.5) is 0 Å². The van der Waals surface area contributed by atoms with Gasteiger partial charge >= 0.3 is 0 Å². The minimum absolute atomic E-state index is 0.644. The van der Waals surface area contributed by atoms with E-state index in [2.05, 4.69) is 36.3 Å². The molecule has 0 radical (unpaired) electrons. The predicted octanol–water partition coefficient (Wildman–Crippen LogP) is 3.94. The van der Waals surface area contributed by atoms with E-state index in [9.17, 15) is 0 Å². The van der Waals surface area contributed by atoms with Crippen molar-refractivity contribution in [1.29, 1.82) is 0 Å². The van der Waals surface area contributed by atoms with Crippen LogP contribution in [-0.2, 0) is 13.0 Å². The van der Waals surface area contributed by atoms with Gasteiger partial charge in [-0.3, -0.25) is 0 Å². The number of nitrogens with zero attached hydrogens (tertiary/aromatic N) is 1. The van der Waals surface area contributed by atoms with Crippen molar-refractivity contribution in [2.45, 2.75) is 33.2 Å². The third kappa shape index (κ3) is 4.35. The van der Waals surface area contributed by atoms with E-state index in [1.54, 1.807) is 0 Å². The van der Waals surface area contributed by atoms with Crippen molar-refractivity contribution in [2.75, 3.05) is 6.54 Å². The van der Waals surface area contributed by atoms with Crippen LogP contribution < -0.4 is 10.1 Å². The molecular formula is C17H22N2O. The minimum Gasteiger partial charge on any atom is -0.439 e. The molecule has 2 rings (SSSR count). The molecule has 0 atom stereocenters. The number of rotatable bonds is 7. The van der Waals surface area contributed by atoms with Gasteiger partial charge in [-0.1, -0.05) is 32.0 Å². The first-order valence-electron chi connectivity index (χ1n) is 7.25. The summed E-state index contributed by atoms with van der Waals surface area (Å²) >= 11 is 0. The monoisotopic (exact) mass is 270 g/mol. The van der Waals surface area contributed by atoms with Gasteiger partial charge in [-0.25, -0.2) is 4.98 Å². The molecule has 0 saturated carbocycles. The van der Waals surface area contributed by atoms with Crippen LogP contribution in [0, 0.1) is 0 Å². The lowest BCUT2D eigenvalue weighted by Crippen LogP contribution is -2.14. The molecule has 0 spiro atoms. The molecule has 3 heteroatoms. The Morgan fingerprint density at radius 2 is 1.85 bits per heavy atom. The lowest BCUT2D eigenvalue weighted by atomic mass is 10.2. The van der Waals surface area contributed by atoms with Crippen molar-refractivity contribution in [2.24, 2.45) is 0 Å². The fourth-order valence-corrected chi connectivity index (χ4v) is 1.92. The minimum atomic E-state index is 0.644. The Morgan fingerprint density at radius 3 is 2.55 bits per heavy atom. The zero-order valence-corrected chi connectivity index (χ0v) is 12.2. The Kier molecular flexibility index (Phi) is 5.56. The third-order valence-corrected chi connectivity index (χ3v) is 3.07. The number of hydrogen-bond acceptors (Lipinski definition) is 3. The van der Waals surface area contributed by atoms with Crippen LogP contribution in [0.1, 0.15) is 31.5 Å². The zero-order chi connectivity index (χ0) is 14.2. The third-order valence-electron chi connectivity index (χ3n) is 3.07. The Bertz CT molecular complexity index is 523. The van der Waals surface area contributed by atoms with Crippen molar-refractivity contribution >= 4 is 0 Å². The highest BCUT2D eigenvalue weighted by Crippen LogP contribution is 2.20. The van der Waals surface area contributed by atoms with Crippen molar-refractivity contribution in [1.82, 2.24) is 10.3 Å². The van der Waals surface area contributed by atoms with Crippen LogP contribution in [-0.4, -0.2) is 11.5 Å². The van der Waals surface area contributed by atoms with Crippen LogP contribution in [0.25, 0.3) is 0 Å². The molecule has 0 amide bonds. The van der Waals surface area contributed by atoms with Crippen molar-refractivity contribution in [3.8, 4) is 11.6 Å². The van der Waals surface area contributed by atoms with Gasteiger partial charge < -0.3 is 10.1 Å². The van der Waals surface area contributed by atoms with Crippen LogP contribution in [0.3, 0.4) is 0 Å². The molecule has 0 fully saturated rings. The van der Waals surface area contributed by atoms with E-state index in [1.807, 2.05) is 30.3 Å². The largest absolute Gasteiger partial charge is 0.439 e. The molecule has 1 aromatic heterocycles. The highest BCUT2D eigenvalue weighted by molar-refractivity contribution is 5.30. The fourth-order valence-electron chi connectivity index (χ4n) is 1.92. The van der Waals surface area contributed by atoms with Gasteiger partial charge in [0.2, 0.25) is 5.88 Å². The molecule has 0 aliphatic carbocycles. The molecule has 0 saturated heterocycles. The number of benzene rings is 1. The summed E-state index contributed by atoms with van der Waals surface area (Å²) in [5, 5.41) is 3.34. The van der Waals surface area contributed by atoms with Gasteiger partial charge in [-0.2, -0.15) is 0 Å². The molecule has 1 aromatic carbocycles. The van der Waals surface area contributed by atoms with Crippen LogP contribution in [0.5, 0.6) is 11.6 Å². The van der Waals surface area contributed by atoms with E-state index in [-0.39, 0.29) is 0 Å². The summed E-state index contributed by atoms with van der Waals surface area (Å²) in [5.41, 5.74) is 2.31. The Hall–Kier alpha value is -1.87. The maximum atomic E-state index is 5.79. The number of pyridine rings is 1. The molecule has 0 aliphatic heterocycles. The maximum absolute atomic E-state index is 5.79. The summed E-state index contributed by atoms with van der Waals surface area (Å²) in [5.74, 6) is 1.47. The molecule has 0 aliphatic rings. The van der Waals surface area contributed by atoms with E-state index in [4.69, 9.17) is 4.74 Å². The van der Waals surface area contributed by atoms with Gasteiger partial charge in [0.1, 0.15) is 5.75 Å². The van der Waals surface area contributed by atoms with E-state index in [0.717, 1.165) is 37.4 Å². The summed E-state index contributed by atoms with van der Waals surface area (Å²) < 4.78 is 5.79. The predicted molar refractivity (Wildman–Crippen MR) is 82.1 cm³/mol.